The molecule has 4 N–H and O–H groups in total. The average Bonchev–Trinajstić information content (AvgIpc) is 3.58. The van der Waals surface area contributed by atoms with Crippen LogP contribution in [0, 0.1) is 0 Å². The molecule has 5 nitrogen and oxygen atoms in total. The lowest BCUT2D eigenvalue weighted by molar-refractivity contribution is 0.547. The molecule has 0 saturated carbocycles. The summed E-state index contributed by atoms with van der Waals surface area (Å²) in [5.74, 6) is 0. The van der Waals surface area contributed by atoms with E-state index in [1.54, 1.807) is 11.3 Å². The first-order chi connectivity index (χ1) is 15.8. The molecule has 1 unspecified atom stereocenters. The van der Waals surface area contributed by atoms with Crippen LogP contribution in [0.4, 0.5) is 11.4 Å². The largest absolute Gasteiger partial charge is 0.361 e. The number of H-pyrrole nitrogens is 1. The SMILES string of the molecule is c1cc(Nc2ccc3[nH]ccc3c2)c2sc(-c3ccc(CNC4CCNC4)cc3)cc2n1. The molecule has 1 aliphatic rings. The molecule has 160 valence electrons. The monoisotopic (exact) mass is 439 g/mol. The van der Waals surface area contributed by atoms with Crippen LogP contribution in [-0.4, -0.2) is 29.1 Å². The third-order valence-corrected chi connectivity index (χ3v) is 7.34. The van der Waals surface area contributed by atoms with Crippen LogP contribution in [0.2, 0.25) is 0 Å². The van der Waals surface area contributed by atoms with Gasteiger partial charge < -0.3 is 20.9 Å². The second-order valence-corrected chi connectivity index (χ2v) is 9.41. The second kappa shape index (κ2) is 8.39. The van der Waals surface area contributed by atoms with E-state index < -0.39 is 0 Å². The maximum absolute atomic E-state index is 4.61. The molecule has 6 rings (SSSR count). The van der Waals surface area contributed by atoms with Crippen molar-refractivity contribution in [2.24, 2.45) is 0 Å². The molecule has 3 aromatic heterocycles. The first kappa shape index (κ1) is 19.5. The maximum atomic E-state index is 4.61. The van der Waals surface area contributed by atoms with Gasteiger partial charge in [0.2, 0.25) is 0 Å². The predicted molar refractivity (Wildman–Crippen MR) is 135 cm³/mol. The van der Waals surface area contributed by atoms with E-state index in [4.69, 9.17) is 0 Å². The summed E-state index contributed by atoms with van der Waals surface area (Å²) >= 11 is 1.79. The third-order valence-electron chi connectivity index (χ3n) is 6.14. The highest BCUT2D eigenvalue weighted by Crippen LogP contribution is 2.37. The maximum Gasteiger partial charge on any atom is 0.0837 e. The van der Waals surface area contributed by atoms with E-state index in [0.717, 1.165) is 42.0 Å². The Balaban J connectivity index is 1.23. The number of rotatable bonds is 6. The molecule has 0 radical (unpaired) electrons. The highest BCUT2D eigenvalue weighted by molar-refractivity contribution is 7.22. The number of hydrogen-bond donors (Lipinski definition) is 4. The lowest BCUT2D eigenvalue weighted by atomic mass is 10.1. The summed E-state index contributed by atoms with van der Waals surface area (Å²) in [6.45, 7) is 3.11. The average molecular weight is 440 g/mol. The number of aromatic nitrogens is 2. The van der Waals surface area contributed by atoms with Crippen LogP contribution < -0.4 is 16.0 Å². The van der Waals surface area contributed by atoms with E-state index in [2.05, 4.69) is 86.6 Å². The smallest absolute Gasteiger partial charge is 0.0837 e. The van der Waals surface area contributed by atoms with E-state index in [-0.39, 0.29) is 0 Å². The van der Waals surface area contributed by atoms with Crippen molar-refractivity contribution in [1.82, 2.24) is 20.6 Å². The van der Waals surface area contributed by atoms with Crippen molar-refractivity contribution < 1.29 is 0 Å². The van der Waals surface area contributed by atoms with Crippen LogP contribution in [0.3, 0.4) is 0 Å². The number of thiophene rings is 1. The van der Waals surface area contributed by atoms with Gasteiger partial charge in [-0.05, 0) is 60.5 Å². The number of pyridine rings is 1. The number of aromatic amines is 1. The highest BCUT2D eigenvalue weighted by Gasteiger charge is 2.13. The van der Waals surface area contributed by atoms with Crippen molar-refractivity contribution in [3.8, 4) is 10.4 Å². The van der Waals surface area contributed by atoms with E-state index >= 15 is 0 Å². The number of nitrogens with one attached hydrogen (secondary N) is 4. The molecule has 6 heteroatoms. The molecule has 4 heterocycles. The summed E-state index contributed by atoms with van der Waals surface area (Å²) in [6, 6.07) is 22.2. The fraction of sp³-hybridized carbons (Fsp3) is 0.192. The summed E-state index contributed by atoms with van der Waals surface area (Å²) in [5, 5.41) is 11.8. The molecule has 1 fully saturated rings. The summed E-state index contributed by atoms with van der Waals surface area (Å²) in [7, 11) is 0. The molecule has 1 aliphatic heterocycles. The van der Waals surface area contributed by atoms with Gasteiger partial charge in [-0.2, -0.15) is 0 Å². The standard InChI is InChI=1S/C26H25N5S/c1-3-18(4-2-17(1)15-30-21-8-10-27-16-21)25-14-24-26(32-25)23(9-12-29-24)31-20-5-6-22-19(13-20)7-11-28-22/h1-7,9,11-14,21,27-28,30H,8,10,15-16H2,(H,29,31). The zero-order chi connectivity index (χ0) is 21.3. The minimum atomic E-state index is 0.590. The van der Waals surface area contributed by atoms with Crippen LogP contribution in [0.5, 0.6) is 0 Å². The number of anilines is 2. The van der Waals surface area contributed by atoms with Crippen LogP contribution in [-0.2, 0) is 6.54 Å². The molecule has 0 amide bonds. The van der Waals surface area contributed by atoms with Gasteiger partial charge in [-0.25, -0.2) is 0 Å². The van der Waals surface area contributed by atoms with Crippen LogP contribution >= 0.6 is 11.3 Å². The Kier molecular flexibility index (Phi) is 5.11. The molecule has 1 atom stereocenters. The van der Waals surface area contributed by atoms with E-state index in [0.29, 0.717) is 6.04 Å². The van der Waals surface area contributed by atoms with Gasteiger partial charge in [0.25, 0.3) is 0 Å². The van der Waals surface area contributed by atoms with Crippen LogP contribution in [0.1, 0.15) is 12.0 Å². The van der Waals surface area contributed by atoms with Crippen molar-refractivity contribution >= 4 is 43.8 Å². The fourth-order valence-electron chi connectivity index (χ4n) is 4.34. The van der Waals surface area contributed by atoms with Crippen molar-refractivity contribution in [2.45, 2.75) is 19.0 Å². The second-order valence-electron chi connectivity index (χ2n) is 8.36. The quantitative estimate of drug-likeness (QED) is 0.276. The topological polar surface area (TPSA) is 64.8 Å². The number of hydrogen-bond acceptors (Lipinski definition) is 5. The van der Waals surface area contributed by atoms with Gasteiger partial charge in [-0.1, -0.05) is 24.3 Å². The third kappa shape index (κ3) is 3.88. The van der Waals surface area contributed by atoms with E-state index in [1.165, 1.54) is 32.5 Å². The first-order valence-electron chi connectivity index (χ1n) is 11.1. The van der Waals surface area contributed by atoms with Gasteiger partial charge >= 0.3 is 0 Å². The van der Waals surface area contributed by atoms with Gasteiger partial charge in [0, 0.05) is 53.0 Å². The summed E-state index contributed by atoms with van der Waals surface area (Å²) < 4.78 is 1.18. The summed E-state index contributed by atoms with van der Waals surface area (Å²) in [4.78, 5) is 9.10. The predicted octanol–water partition coefficient (Wildman–Crippen LogP) is 5.64. The Labute approximate surface area is 190 Å². The van der Waals surface area contributed by atoms with Crippen molar-refractivity contribution in [3.05, 3.63) is 78.6 Å². The lowest BCUT2D eigenvalue weighted by Crippen LogP contribution is -2.30. The Morgan fingerprint density at radius 2 is 1.97 bits per heavy atom. The van der Waals surface area contributed by atoms with Crippen LogP contribution in [0.15, 0.2) is 73.1 Å². The van der Waals surface area contributed by atoms with Gasteiger partial charge in [0.1, 0.15) is 0 Å². The fourth-order valence-corrected chi connectivity index (χ4v) is 5.43. The highest BCUT2D eigenvalue weighted by atomic mass is 32.1. The molecule has 5 aromatic rings. The van der Waals surface area contributed by atoms with Crippen LogP contribution in [0.25, 0.3) is 31.6 Å². The number of nitrogens with zero attached hydrogens (tertiary/aromatic N) is 1. The Bertz CT molecular complexity index is 1360. The van der Waals surface area contributed by atoms with Crippen molar-refractivity contribution in [3.63, 3.8) is 0 Å². The Morgan fingerprint density at radius 1 is 1.03 bits per heavy atom. The molecule has 2 aromatic carbocycles. The van der Waals surface area contributed by atoms with Gasteiger partial charge in [-0.15, -0.1) is 11.3 Å². The zero-order valence-electron chi connectivity index (χ0n) is 17.7. The molecular formula is C26H25N5S. The van der Waals surface area contributed by atoms with Crippen molar-refractivity contribution in [2.75, 3.05) is 18.4 Å². The summed E-state index contributed by atoms with van der Waals surface area (Å²) in [6.07, 6.45) is 5.06. The Hall–Kier alpha value is -3.19. The van der Waals surface area contributed by atoms with E-state index in [9.17, 15) is 0 Å². The molecule has 0 bridgehead atoms. The molecular weight excluding hydrogens is 414 g/mol. The summed E-state index contributed by atoms with van der Waals surface area (Å²) in [5.41, 5.74) is 6.90. The number of benzene rings is 2. The van der Waals surface area contributed by atoms with E-state index in [1.807, 2.05) is 12.4 Å². The molecule has 0 aliphatic carbocycles. The molecule has 0 spiro atoms. The van der Waals surface area contributed by atoms with Gasteiger partial charge in [-0.3, -0.25) is 4.98 Å². The van der Waals surface area contributed by atoms with Crippen molar-refractivity contribution in [1.29, 1.82) is 0 Å². The Morgan fingerprint density at radius 3 is 2.84 bits per heavy atom. The van der Waals surface area contributed by atoms with Gasteiger partial charge in [0.15, 0.2) is 0 Å². The molecule has 1 saturated heterocycles. The number of fused-ring (bicyclic) bond motifs is 2. The minimum absolute atomic E-state index is 0.590. The minimum Gasteiger partial charge on any atom is -0.361 e. The lowest BCUT2D eigenvalue weighted by Gasteiger charge is -2.11. The first-order valence-corrected chi connectivity index (χ1v) is 11.9. The molecule has 32 heavy (non-hydrogen) atoms. The zero-order valence-corrected chi connectivity index (χ0v) is 18.5. The van der Waals surface area contributed by atoms with Gasteiger partial charge in [0.05, 0.1) is 15.9 Å². The normalized spacial score (nSPS) is 16.2.